The maximum atomic E-state index is 12.0. The Balaban J connectivity index is 0.000000184. The summed E-state index contributed by atoms with van der Waals surface area (Å²) >= 11 is 0. The molecule has 0 bridgehead atoms. The van der Waals surface area contributed by atoms with E-state index in [0.717, 1.165) is 5.56 Å². The molecule has 0 radical (unpaired) electrons. The highest BCUT2D eigenvalue weighted by molar-refractivity contribution is 7.92. The first kappa shape index (κ1) is 20.9. The predicted molar refractivity (Wildman–Crippen MR) is 108 cm³/mol. The van der Waals surface area contributed by atoms with Crippen LogP contribution in [-0.4, -0.2) is 30.6 Å². The van der Waals surface area contributed by atoms with Crippen LogP contribution in [0, 0.1) is 6.92 Å². The van der Waals surface area contributed by atoms with Crippen LogP contribution in [0.2, 0.25) is 0 Å². The molecule has 4 rings (SSSR count). The fraction of sp³-hybridized carbons (Fsp3) is 0.0476. The van der Waals surface area contributed by atoms with Gasteiger partial charge in [0, 0.05) is 5.69 Å². The number of benzene rings is 3. The predicted octanol–water partition coefficient (Wildman–Crippen LogP) is 3.20. The summed E-state index contributed by atoms with van der Waals surface area (Å²) in [5.41, 5.74) is 1.74. The van der Waals surface area contributed by atoms with Crippen LogP contribution >= 0.6 is 0 Å². The van der Waals surface area contributed by atoms with Crippen LogP contribution in [0.5, 0.6) is 11.5 Å². The van der Waals surface area contributed by atoms with Gasteiger partial charge in [0.25, 0.3) is 10.0 Å². The SMILES string of the molecule is Cc1ccc(S(=O)(=O)Nc2ccc(O)cc2)cc1.O=C1OC(=O)c2cc(O)ccc21. The molecule has 0 saturated carbocycles. The van der Waals surface area contributed by atoms with E-state index < -0.39 is 22.0 Å². The molecule has 0 saturated heterocycles. The number of esters is 2. The van der Waals surface area contributed by atoms with Gasteiger partial charge >= 0.3 is 11.9 Å². The number of aryl methyl sites for hydroxylation is 1. The van der Waals surface area contributed by atoms with Gasteiger partial charge in [-0.3, -0.25) is 4.72 Å². The van der Waals surface area contributed by atoms with Gasteiger partial charge in [0.2, 0.25) is 0 Å². The molecule has 9 heteroatoms. The van der Waals surface area contributed by atoms with Crippen molar-refractivity contribution in [3.63, 3.8) is 0 Å². The van der Waals surface area contributed by atoms with Crippen molar-refractivity contribution in [2.75, 3.05) is 4.72 Å². The first-order valence-electron chi connectivity index (χ1n) is 8.64. The number of rotatable bonds is 3. The van der Waals surface area contributed by atoms with Crippen molar-refractivity contribution < 1.29 is 33.0 Å². The molecule has 30 heavy (non-hydrogen) atoms. The number of anilines is 1. The highest BCUT2D eigenvalue weighted by Crippen LogP contribution is 2.23. The average Bonchev–Trinajstić information content (AvgIpc) is 2.97. The molecular weight excluding hydrogens is 410 g/mol. The number of phenolic OH excluding ortho intramolecular Hbond substituents is 2. The van der Waals surface area contributed by atoms with Gasteiger partial charge in [-0.25, -0.2) is 18.0 Å². The van der Waals surface area contributed by atoms with Crippen LogP contribution in [0.15, 0.2) is 71.6 Å². The second kappa shape index (κ2) is 8.26. The fourth-order valence-electron chi connectivity index (χ4n) is 2.53. The van der Waals surface area contributed by atoms with E-state index in [1.54, 1.807) is 24.3 Å². The van der Waals surface area contributed by atoms with Crippen molar-refractivity contribution in [3.8, 4) is 11.5 Å². The molecule has 1 heterocycles. The Bertz CT molecular complexity index is 1200. The Morgan fingerprint density at radius 1 is 0.767 bits per heavy atom. The van der Waals surface area contributed by atoms with Crippen LogP contribution in [0.25, 0.3) is 0 Å². The second-order valence-corrected chi connectivity index (χ2v) is 8.05. The van der Waals surface area contributed by atoms with E-state index in [-0.39, 0.29) is 27.5 Å². The zero-order valence-electron chi connectivity index (χ0n) is 15.7. The maximum Gasteiger partial charge on any atom is 0.347 e. The minimum absolute atomic E-state index is 0.0552. The number of carbonyl (C=O) groups excluding carboxylic acids is 2. The average molecular weight is 427 g/mol. The van der Waals surface area contributed by atoms with E-state index in [1.165, 1.54) is 42.5 Å². The molecule has 0 amide bonds. The van der Waals surface area contributed by atoms with Crippen molar-refractivity contribution >= 4 is 27.6 Å². The summed E-state index contributed by atoms with van der Waals surface area (Å²) in [5, 5.41) is 18.1. The van der Waals surface area contributed by atoms with Crippen LogP contribution in [0.4, 0.5) is 5.69 Å². The maximum absolute atomic E-state index is 12.0. The minimum atomic E-state index is -3.57. The Labute approximate surface area is 172 Å². The van der Waals surface area contributed by atoms with E-state index in [4.69, 9.17) is 10.2 Å². The van der Waals surface area contributed by atoms with Crippen molar-refractivity contribution in [3.05, 3.63) is 83.4 Å². The summed E-state index contributed by atoms with van der Waals surface area (Å²) in [6, 6.07) is 16.3. The van der Waals surface area contributed by atoms with Gasteiger partial charge in [0.05, 0.1) is 16.0 Å². The number of phenols is 2. The largest absolute Gasteiger partial charge is 0.508 e. The number of cyclic esters (lactones) is 2. The molecule has 0 aromatic heterocycles. The summed E-state index contributed by atoms with van der Waals surface area (Å²) in [6.45, 7) is 1.89. The minimum Gasteiger partial charge on any atom is -0.508 e. The molecule has 0 aliphatic carbocycles. The highest BCUT2D eigenvalue weighted by atomic mass is 32.2. The van der Waals surface area contributed by atoms with E-state index in [9.17, 15) is 18.0 Å². The number of nitrogens with one attached hydrogen (secondary N) is 1. The van der Waals surface area contributed by atoms with Crippen molar-refractivity contribution in [1.29, 1.82) is 0 Å². The van der Waals surface area contributed by atoms with E-state index in [0.29, 0.717) is 5.69 Å². The fourth-order valence-corrected chi connectivity index (χ4v) is 3.59. The number of ether oxygens (including phenoxy) is 1. The second-order valence-electron chi connectivity index (χ2n) is 6.37. The molecule has 3 aromatic carbocycles. The van der Waals surface area contributed by atoms with Gasteiger partial charge in [0.1, 0.15) is 11.5 Å². The van der Waals surface area contributed by atoms with Crippen molar-refractivity contribution in [1.82, 2.24) is 0 Å². The van der Waals surface area contributed by atoms with Crippen LogP contribution in [0.1, 0.15) is 26.3 Å². The lowest BCUT2D eigenvalue weighted by Crippen LogP contribution is -2.12. The smallest absolute Gasteiger partial charge is 0.347 e. The number of sulfonamides is 1. The quantitative estimate of drug-likeness (QED) is 0.332. The summed E-state index contributed by atoms with van der Waals surface area (Å²) in [4.78, 5) is 21.9. The summed E-state index contributed by atoms with van der Waals surface area (Å²) in [6.07, 6.45) is 0. The molecule has 0 spiro atoms. The third-order valence-corrected chi connectivity index (χ3v) is 5.48. The third-order valence-electron chi connectivity index (χ3n) is 4.08. The van der Waals surface area contributed by atoms with Gasteiger partial charge in [0.15, 0.2) is 0 Å². The number of fused-ring (bicyclic) bond motifs is 1. The number of carbonyl (C=O) groups is 2. The Morgan fingerprint density at radius 3 is 1.97 bits per heavy atom. The third kappa shape index (κ3) is 4.76. The monoisotopic (exact) mass is 427 g/mol. The summed E-state index contributed by atoms with van der Waals surface area (Å²) < 4.78 is 30.8. The summed E-state index contributed by atoms with van der Waals surface area (Å²) in [5.74, 6) is -1.32. The Kier molecular flexibility index (Phi) is 5.74. The Morgan fingerprint density at radius 2 is 1.33 bits per heavy atom. The van der Waals surface area contributed by atoms with E-state index in [2.05, 4.69) is 9.46 Å². The molecule has 8 nitrogen and oxygen atoms in total. The molecule has 0 atom stereocenters. The molecule has 0 unspecified atom stereocenters. The summed E-state index contributed by atoms with van der Waals surface area (Å²) in [7, 11) is -3.57. The van der Waals surface area contributed by atoms with Crippen molar-refractivity contribution in [2.24, 2.45) is 0 Å². The first-order valence-corrected chi connectivity index (χ1v) is 10.1. The van der Waals surface area contributed by atoms with Crippen LogP contribution in [0.3, 0.4) is 0 Å². The molecule has 1 aliphatic heterocycles. The zero-order chi connectivity index (χ0) is 21.9. The van der Waals surface area contributed by atoms with E-state index >= 15 is 0 Å². The Hall–Kier alpha value is -3.85. The van der Waals surface area contributed by atoms with Crippen molar-refractivity contribution in [2.45, 2.75) is 11.8 Å². The number of hydrogen-bond donors (Lipinski definition) is 3. The molecular formula is C21H17NO7S. The highest BCUT2D eigenvalue weighted by Gasteiger charge is 2.29. The van der Waals surface area contributed by atoms with Crippen LogP contribution in [-0.2, 0) is 14.8 Å². The lowest BCUT2D eigenvalue weighted by atomic mass is 10.1. The normalized spacial score (nSPS) is 12.4. The van der Waals surface area contributed by atoms with Gasteiger partial charge in [-0.1, -0.05) is 17.7 Å². The topological polar surface area (TPSA) is 130 Å². The molecule has 3 aromatic rings. The molecule has 0 fully saturated rings. The molecule has 1 aliphatic rings. The van der Waals surface area contributed by atoms with Crippen LogP contribution < -0.4 is 4.72 Å². The number of hydrogen-bond acceptors (Lipinski definition) is 7. The van der Waals surface area contributed by atoms with Gasteiger partial charge in [-0.2, -0.15) is 0 Å². The number of aromatic hydroxyl groups is 2. The lowest BCUT2D eigenvalue weighted by Gasteiger charge is -2.08. The molecule has 154 valence electrons. The first-order chi connectivity index (χ1) is 14.2. The van der Waals surface area contributed by atoms with Gasteiger partial charge < -0.3 is 14.9 Å². The lowest BCUT2D eigenvalue weighted by molar-refractivity contribution is 0.0443. The van der Waals surface area contributed by atoms with Gasteiger partial charge in [-0.05, 0) is 61.5 Å². The zero-order valence-corrected chi connectivity index (χ0v) is 16.5. The standard InChI is InChI=1S/C13H13NO3S.C8H4O4/c1-10-2-8-13(9-3-10)18(16,17)14-11-4-6-12(15)7-5-11;9-4-1-2-5-6(3-4)8(11)12-7(5)10/h2-9,14-15H,1H3;1-3,9H. The van der Waals surface area contributed by atoms with E-state index in [1.807, 2.05) is 6.92 Å². The van der Waals surface area contributed by atoms with Gasteiger partial charge in [-0.15, -0.1) is 0 Å². The molecule has 3 N–H and O–H groups in total.